The first-order chi connectivity index (χ1) is 7.90. The lowest BCUT2D eigenvalue weighted by molar-refractivity contribution is 0.0938. The monoisotopic (exact) mass is 222 g/mol. The van der Waals surface area contributed by atoms with Gasteiger partial charge in [0.15, 0.2) is 5.82 Å². The molecule has 0 aromatic carbocycles. The molecule has 2 heterocycles. The van der Waals surface area contributed by atoms with Crippen LogP contribution in [0.15, 0.2) is 6.33 Å². The molecule has 1 aliphatic heterocycles. The molecule has 0 bridgehead atoms. The fourth-order valence-corrected chi connectivity index (χ4v) is 2.02. The lowest BCUT2D eigenvalue weighted by Crippen LogP contribution is -2.18. The molecule has 0 amide bonds. The summed E-state index contributed by atoms with van der Waals surface area (Å²) >= 11 is 0. The molecule has 2 aliphatic rings. The van der Waals surface area contributed by atoms with Crippen molar-refractivity contribution in [2.45, 2.75) is 50.9 Å². The largest absolute Gasteiger partial charge is 0.376 e. The highest BCUT2D eigenvalue weighted by Gasteiger charge is 2.21. The van der Waals surface area contributed by atoms with Crippen molar-refractivity contribution in [3.8, 4) is 0 Å². The Morgan fingerprint density at radius 1 is 1.44 bits per heavy atom. The highest BCUT2D eigenvalue weighted by molar-refractivity contribution is 4.87. The average Bonchev–Trinajstić information content (AvgIpc) is 2.78. The van der Waals surface area contributed by atoms with Gasteiger partial charge in [-0.15, -0.1) is 0 Å². The topological polar surface area (TPSA) is 52.0 Å². The van der Waals surface area contributed by atoms with E-state index in [1.807, 2.05) is 11.0 Å². The molecular formula is C11H18N4O. The maximum atomic E-state index is 5.57. The minimum atomic E-state index is 0.339. The molecule has 88 valence electrons. The van der Waals surface area contributed by atoms with E-state index in [1.165, 1.54) is 19.3 Å². The first-order valence-electron chi connectivity index (χ1n) is 6.13. The summed E-state index contributed by atoms with van der Waals surface area (Å²) in [5.74, 6) is 0.893. The van der Waals surface area contributed by atoms with Gasteiger partial charge in [-0.1, -0.05) is 0 Å². The van der Waals surface area contributed by atoms with E-state index in [9.17, 15) is 0 Å². The molecule has 5 nitrogen and oxygen atoms in total. The summed E-state index contributed by atoms with van der Waals surface area (Å²) in [5, 5.41) is 7.85. The highest BCUT2D eigenvalue weighted by atomic mass is 16.5. The fourth-order valence-electron chi connectivity index (χ4n) is 2.02. The third kappa shape index (κ3) is 2.59. The van der Waals surface area contributed by atoms with Crippen LogP contribution in [-0.2, 0) is 17.8 Å². The Hall–Kier alpha value is -0.940. The molecule has 1 aliphatic carbocycles. The van der Waals surface area contributed by atoms with Crippen LogP contribution in [0.5, 0.6) is 0 Å². The maximum absolute atomic E-state index is 5.57. The molecule has 3 rings (SSSR count). The van der Waals surface area contributed by atoms with Gasteiger partial charge in [-0.3, -0.25) is 4.68 Å². The number of hydrogen-bond donors (Lipinski definition) is 1. The van der Waals surface area contributed by atoms with E-state index in [4.69, 9.17) is 4.74 Å². The molecule has 1 N–H and O–H groups in total. The number of hydrogen-bond acceptors (Lipinski definition) is 4. The third-order valence-corrected chi connectivity index (χ3v) is 3.12. The maximum Gasteiger partial charge on any atom is 0.164 e. The molecule has 5 heteroatoms. The molecule has 16 heavy (non-hydrogen) atoms. The van der Waals surface area contributed by atoms with E-state index < -0.39 is 0 Å². The molecular weight excluding hydrogens is 204 g/mol. The van der Waals surface area contributed by atoms with Crippen LogP contribution in [0.3, 0.4) is 0 Å². The zero-order chi connectivity index (χ0) is 10.8. The van der Waals surface area contributed by atoms with Gasteiger partial charge >= 0.3 is 0 Å². The Morgan fingerprint density at radius 2 is 2.38 bits per heavy atom. The van der Waals surface area contributed by atoms with Crippen molar-refractivity contribution in [2.24, 2.45) is 0 Å². The lowest BCUT2D eigenvalue weighted by atomic mass is 10.2. The van der Waals surface area contributed by atoms with Gasteiger partial charge in [0.2, 0.25) is 0 Å². The van der Waals surface area contributed by atoms with Crippen LogP contribution in [0.2, 0.25) is 0 Å². The van der Waals surface area contributed by atoms with E-state index in [0.717, 1.165) is 31.9 Å². The van der Waals surface area contributed by atoms with Gasteiger partial charge in [0.05, 0.1) is 19.2 Å². The second kappa shape index (κ2) is 4.51. The van der Waals surface area contributed by atoms with Gasteiger partial charge in [-0.05, 0) is 25.7 Å². The van der Waals surface area contributed by atoms with Crippen LogP contribution in [0.4, 0.5) is 0 Å². The van der Waals surface area contributed by atoms with Gasteiger partial charge in [0.1, 0.15) is 6.33 Å². The quantitative estimate of drug-likeness (QED) is 0.797. The first kappa shape index (κ1) is 10.2. The molecule has 1 saturated carbocycles. The predicted octanol–water partition coefficient (Wildman–Crippen LogP) is 0.709. The zero-order valence-corrected chi connectivity index (χ0v) is 9.43. The summed E-state index contributed by atoms with van der Waals surface area (Å²) in [6.45, 7) is 2.54. The number of nitrogens with zero attached hydrogens (tertiary/aromatic N) is 3. The highest BCUT2D eigenvalue weighted by Crippen LogP contribution is 2.18. The minimum Gasteiger partial charge on any atom is -0.376 e. The van der Waals surface area contributed by atoms with Crippen molar-refractivity contribution in [3.05, 3.63) is 12.2 Å². The average molecular weight is 222 g/mol. The van der Waals surface area contributed by atoms with Gasteiger partial charge in [0.25, 0.3) is 0 Å². The number of nitrogens with one attached hydrogen (secondary N) is 1. The van der Waals surface area contributed by atoms with Crippen molar-refractivity contribution < 1.29 is 4.74 Å². The molecule has 0 radical (unpaired) electrons. The van der Waals surface area contributed by atoms with Crippen LogP contribution < -0.4 is 5.32 Å². The van der Waals surface area contributed by atoms with Gasteiger partial charge in [-0.25, -0.2) is 4.98 Å². The van der Waals surface area contributed by atoms with Crippen LogP contribution in [-0.4, -0.2) is 33.5 Å². The summed E-state index contributed by atoms with van der Waals surface area (Å²) in [6, 6.07) is 0.713. The van der Waals surface area contributed by atoms with Crippen molar-refractivity contribution in [3.63, 3.8) is 0 Å². The Morgan fingerprint density at radius 3 is 3.12 bits per heavy atom. The van der Waals surface area contributed by atoms with Gasteiger partial charge in [-0.2, -0.15) is 5.10 Å². The molecule has 0 spiro atoms. The normalized spacial score (nSPS) is 25.1. The Balaban J connectivity index is 1.50. The van der Waals surface area contributed by atoms with E-state index in [0.29, 0.717) is 12.1 Å². The number of aromatic nitrogens is 3. The van der Waals surface area contributed by atoms with E-state index in [1.54, 1.807) is 0 Å². The first-order valence-corrected chi connectivity index (χ1v) is 6.13. The molecule has 1 atom stereocenters. The summed E-state index contributed by atoms with van der Waals surface area (Å²) < 4.78 is 7.47. The van der Waals surface area contributed by atoms with E-state index in [-0.39, 0.29) is 0 Å². The molecule has 1 unspecified atom stereocenters. The van der Waals surface area contributed by atoms with E-state index >= 15 is 0 Å². The predicted molar refractivity (Wildman–Crippen MR) is 58.9 cm³/mol. The number of rotatable bonds is 5. The smallest absolute Gasteiger partial charge is 0.164 e. The second-order valence-corrected chi connectivity index (χ2v) is 4.67. The Bertz CT molecular complexity index is 342. The van der Waals surface area contributed by atoms with E-state index in [2.05, 4.69) is 15.4 Å². The molecule has 1 aromatic rings. The lowest BCUT2D eigenvalue weighted by Gasteiger charge is -2.07. The molecule has 2 fully saturated rings. The molecule has 1 aromatic heterocycles. The van der Waals surface area contributed by atoms with Crippen LogP contribution >= 0.6 is 0 Å². The third-order valence-electron chi connectivity index (χ3n) is 3.12. The van der Waals surface area contributed by atoms with Gasteiger partial charge < -0.3 is 10.1 Å². The van der Waals surface area contributed by atoms with Gasteiger partial charge in [0, 0.05) is 12.6 Å². The van der Waals surface area contributed by atoms with Crippen molar-refractivity contribution in [1.29, 1.82) is 0 Å². The Kier molecular flexibility index (Phi) is 2.88. The van der Waals surface area contributed by atoms with Crippen molar-refractivity contribution >= 4 is 0 Å². The summed E-state index contributed by atoms with van der Waals surface area (Å²) in [4.78, 5) is 4.29. The Labute approximate surface area is 95.2 Å². The SMILES string of the molecule is c1nc(CNC2CC2)nn1CC1CCCO1. The van der Waals surface area contributed by atoms with Crippen LogP contribution in [0, 0.1) is 0 Å². The van der Waals surface area contributed by atoms with Crippen molar-refractivity contribution in [2.75, 3.05) is 6.61 Å². The minimum absolute atomic E-state index is 0.339. The summed E-state index contributed by atoms with van der Waals surface area (Å²) in [6.07, 6.45) is 7.08. The standard InChI is InChI=1S/C11H18N4O/c1-2-10(16-5-1)7-15-8-13-11(14-15)6-12-9-3-4-9/h8-10,12H,1-7H2. The van der Waals surface area contributed by atoms with Crippen LogP contribution in [0.1, 0.15) is 31.5 Å². The fraction of sp³-hybridized carbons (Fsp3) is 0.818. The summed E-state index contributed by atoms with van der Waals surface area (Å²) in [5.41, 5.74) is 0. The molecule has 1 saturated heterocycles. The summed E-state index contributed by atoms with van der Waals surface area (Å²) in [7, 11) is 0. The van der Waals surface area contributed by atoms with Crippen molar-refractivity contribution in [1.82, 2.24) is 20.1 Å². The second-order valence-electron chi connectivity index (χ2n) is 4.67. The number of ether oxygens (including phenoxy) is 1. The zero-order valence-electron chi connectivity index (χ0n) is 9.43. The van der Waals surface area contributed by atoms with Crippen LogP contribution in [0.25, 0.3) is 0 Å².